The summed E-state index contributed by atoms with van der Waals surface area (Å²) in [6, 6.07) is 5.14. The molecule has 1 amide bonds. The Morgan fingerprint density at radius 2 is 2.00 bits per heavy atom. The number of carbonyl (C=O) groups excluding carboxylic acids is 2. The molecule has 0 radical (unpaired) electrons. The third kappa shape index (κ3) is 3.01. The van der Waals surface area contributed by atoms with Gasteiger partial charge in [0, 0.05) is 28.0 Å². The first-order chi connectivity index (χ1) is 12.1. The zero-order valence-corrected chi connectivity index (χ0v) is 14.7. The molecule has 0 bridgehead atoms. The topological polar surface area (TPSA) is 77.5 Å². The highest BCUT2D eigenvalue weighted by Gasteiger charge is 2.21. The number of hydrogen-bond acceptors (Lipinski definition) is 7. The van der Waals surface area contributed by atoms with Gasteiger partial charge in [-0.2, -0.15) is 11.3 Å². The highest BCUT2D eigenvalue weighted by atomic mass is 32.1. The number of ether oxygens (including phenoxy) is 2. The van der Waals surface area contributed by atoms with E-state index in [1.807, 2.05) is 16.8 Å². The van der Waals surface area contributed by atoms with Crippen LogP contribution in [-0.2, 0) is 0 Å². The first-order valence-electron chi connectivity index (χ1n) is 7.36. The van der Waals surface area contributed by atoms with Gasteiger partial charge in [0.15, 0.2) is 17.3 Å². The van der Waals surface area contributed by atoms with E-state index in [0.717, 1.165) is 10.6 Å². The van der Waals surface area contributed by atoms with Gasteiger partial charge >= 0.3 is 0 Å². The second-order valence-electron chi connectivity index (χ2n) is 5.31. The molecule has 0 unspecified atom stereocenters. The van der Waals surface area contributed by atoms with Crippen molar-refractivity contribution in [3.63, 3.8) is 0 Å². The SMILES string of the molecule is CC(=O)c1cc2c(cc1NC(=O)c1csc(-c3ccsc3)n1)OCO2. The molecule has 3 heterocycles. The normalized spacial score (nSPS) is 12.2. The predicted molar refractivity (Wildman–Crippen MR) is 95.9 cm³/mol. The van der Waals surface area contributed by atoms with Crippen LogP contribution < -0.4 is 14.8 Å². The average Bonchev–Trinajstić information content (AvgIpc) is 3.33. The number of benzene rings is 1. The summed E-state index contributed by atoms with van der Waals surface area (Å²) in [7, 11) is 0. The van der Waals surface area contributed by atoms with E-state index in [0.29, 0.717) is 28.4 Å². The number of rotatable bonds is 4. The molecular weight excluding hydrogens is 360 g/mol. The molecule has 6 nitrogen and oxygen atoms in total. The highest BCUT2D eigenvalue weighted by Crippen LogP contribution is 2.37. The minimum atomic E-state index is -0.376. The molecule has 0 atom stereocenters. The zero-order chi connectivity index (χ0) is 17.4. The van der Waals surface area contributed by atoms with Gasteiger partial charge in [-0.1, -0.05) is 0 Å². The Morgan fingerprint density at radius 1 is 1.20 bits per heavy atom. The lowest BCUT2D eigenvalue weighted by atomic mass is 10.1. The van der Waals surface area contributed by atoms with Gasteiger partial charge in [0.2, 0.25) is 6.79 Å². The monoisotopic (exact) mass is 372 g/mol. The summed E-state index contributed by atoms with van der Waals surface area (Å²) in [6.45, 7) is 1.53. The lowest BCUT2D eigenvalue weighted by Gasteiger charge is -2.09. The van der Waals surface area contributed by atoms with Crippen molar-refractivity contribution in [3.05, 3.63) is 45.6 Å². The van der Waals surface area contributed by atoms with E-state index in [1.165, 1.54) is 18.3 Å². The fourth-order valence-electron chi connectivity index (χ4n) is 2.42. The fraction of sp³-hybridized carbons (Fsp3) is 0.118. The number of amides is 1. The molecule has 1 aliphatic rings. The molecule has 1 aliphatic heterocycles. The van der Waals surface area contributed by atoms with E-state index in [4.69, 9.17) is 9.47 Å². The minimum absolute atomic E-state index is 0.0974. The molecular formula is C17H12N2O4S2. The number of hydrogen-bond donors (Lipinski definition) is 1. The van der Waals surface area contributed by atoms with Gasteiger partial charge in [0.1, 0.15) is 10.7 Å². The lowest BCUT2D eigenvalue weighted by molar-refractivity contribution is 0.101. The van der Waals surface area contributed by atoms with Crippen molar-refractivity contribution in [2.24, 2.45) is 0 Å². The summed E-state index contributed by atoms with van der Waals surface area (Å²) in [5, 5.41) is 9.17. The summed E-state index contributed by atoms with van der Waals surface area (Å²) in [5.74, 6) is 0.444. The molecule has 126 valence electrons. The lowest BCUT2D eigenvalue weighted by Crippen LogP contribution is -2.14. The van der Waals surface area contributed by atoms with Crippen molar-refractivity contribution in [3.8, 4) is 22.1 Å². The molecule has 2 aromatic heterocycles. The van der Waals surface area contributed by atoms with Crippen LogP contribution in [-0.4, -0.2) is 23.5 Å². The van der Waals surface area contributed by atoms with Crippen LogP contribution in [0.1, 0.15) is 27.8 Å². The number of Topliss-reactive ketones (excluding diaryl/α,β-unsaturated/α-hetero) is 1. The highest BCUT2D eigenvalue weighted by molar-refractivity contribution is 7.14. The van der Waals surface area contributed by atoms with Gasteiger partial charge in [0.05, 0.1) is 5.69 Å². The van der Waals surface area contributed by atoms with Crippen molar-refractivity contribution in [1.29, 1.82) is 0 Å². The van der Waals surface area contributed by atoms with E-state index in [2.05, 4.69) is 10.3 Å². The Morgan fingerprint density at radius 3 is 2.72 bits per heavy atom. The van der Waals surface area contributed by atoms with E-state index in [9.17, 15) is 9.59 Å². The molecule has 8 heteroatoms. The van der Waals surface area contributed by atoms with E-state index >= 15 is 0 Å². The van der Waals surface area contributed by atoms with Gasteiger partial charge < -0.3 is 14.8 Å². The number of anilines is 1. The van der Waals surface area contributed by atoms with E-state index in [1.54, 1.807) is 28.8 Å². The minimum Gasteiger partial charge on any atom is -0.454 e. The third-order valence-electron chi connectivity index (χ3n) is 3.65. The van der Waals surface area contributed by atoms with Crippen LogP contribution in [0.15, 0.2) is 34.3 Å². The number of nitrogens with zero attached hydrogens (tertiary/aromatic N) is 1. The van der Waals surface area contributed by atoms with Crippen LogP contribution in [0.5, 0.6) is 11.5 Å². The van der Waals surface area contributed by atoms with Gasteiger partial charge in [-0.3, -0.25) is 9.59 Å². The largest absolute Gasteiger partial charge is 0.454 e. The quantitative estimate of drug-likeness (QED) is 0.699. The van der Waals surface area contributed by atoms with E-state index < -0.39 is 0 Å². The summed E-state index contributed by atoms with van der Waals surface area (Å²) in [5.41, 5.74) is 2.04. The Bertz CT molecular complexity index is 963. The summed E-state index contributed by atoms with van der Waals surface area (Å²) in [6.07, 6.45) is 0. The van der Waals surface area contributed by atoms with Crippen LogP contribution in [0.2, 0.25) is 0 Å². The molecule has 0 saturated carbocycles. The average molecular weight is 372 g/mol. The van der Waals surface area contributed by atoms with Crippen molar-refractivity contribution in [2.75, 3.05) is 12.1 Å². The molecule has 4 rings (SSSR count). The van der Waals surface area contributed by atoms with Crippen LogP contribution >= 0.6 is 22.7 Å². The molecule has 1 aromatic carbocycles. The first-order valence-corrected chi connectivity index (χ1v) is 9.18. The Hall–Kier alpha value is -2.71. The maximum atomic E-state index is 12.5. The van der Waals surface area contributed by atoms with Gasteiger partial charge in [-0.05, 0) is 24.4 Å². The van der Waals surface area contributed by atoms with Gasteiger partial charge in [-0.15, -0.1) is 11.3 Å². The second kappa shape index (κ2) is 6.30. The smallest absolute Gasteiger partial charge is 0.275 e. The Kier molecular flexibility index (Phi) is 3.98. The molecule has 0 fully saturated rings. The van der Waals surface area contributed by atoms with Crippen molar-refractivity contribution >= 4 is 40.1 Å². The molecule has 0 aliphatic carbocycles. The number of carbonyl (C=O) groups is 2. The first kappa shape index (κ1) is 15.8. The Balaban J connectivity index is 1.62. The standard InChI is InChI=1S/C17H12N2O4S2/c1-9(20)11-4-14-15(23-8-22-14)5-12(11)18-16(21)13-7-25-17(19-13)10-2-3-24-6-10/h2-7H,8H2,1H3,(H,18,21). The Labute approximate surface area is 151 Å². The number of thiazole rings is 1. The number of nitrogens with one attached hydrogen (secondary N) is 1. The molecule has 0 spiro atoms. The van der Waals surface area contributed by atoms with Gasteiger partial charge in [0.25, 0.3) is 5.91 Å². The third-order valence-corrected chi connectivity index (χ3v) is 5.22. The zero-order valence-electron chi connectivity index (χ0n) is 13.1. The number of ketones is 1. The maximum absolute atomic E-state index is 12.5. The fourth-order valence-corrected chi connectivity index (χ4v) is 3.93. The number of thiophene rings is 1. The molecule has 1 N–H and O–H groups in total. The van der Waals surface area contributed by atoms with Crippen LogP contribution in [0.4, 0.5) is 5.69 Å². The summed E-state index contributed by atoms with van der Waals surface area (Å²) in [4.78, 5) is 28.8. The van der Waals surface area contributed by atoms with Crippen molar-refractivity contribution in [1.82, 2.24) is 4.98 Å². The van der Waals surface area contributed by atoms with Gasteiger partial charge in [-0.25, -0.2) is 4.98 Å². The van der Waals surface area contributed by atoms with Crippen LogP contribution in [0.25, 0.3) is 10.6 Å². The molecule has 3 aromatic rings. The molecule has 0 saturated heterocycles. The van der Waals surface area contributed by atoms with E-state index in [-0.39, 0.29) is 18.5 Å². The van der Waals surface area contributed by atoms with Crippen LogP contribution in [0.3, 0.4) is 0 Å². The summed E-state index contributed by atoms with van der Waals surface area (Å²) < 4.78 is 10.6. The summed E-state index contributed by atoms with van der Waals surface area (Å²) >= 11 is 2.97. The van der Waals surface area contributed by atoms with Crippen molar-refractivity contribution < 1.29 is 19.1 Å². The second-order valence-corrected chi connectivity index (χ2v) is 6.95. The predicted octanol–water partition coefficient (Wildman–Crippen LogP) is 4.06. The number of fused-ring (bicyclic) bond motifs is 1. The number of aromatic nitrogens is 1. The molecule has 25 heavy (non-hydrogen) atoms. The van der Waals surface area contributed by atoms with Crippen LogP contribution in [0, 0.1) is 0 Å². The van der Waals surface area contributed by atoms with Crippen molar-refractivity contribution in [2.45, 2.75) is 6.92 Å². The maximum Gasteiger partial charge on any atom is 0.275 e.